The lowest BCUT2D eigenvalue weighted by Crippen LogP contribution is -2.12. The van der Waals surface area contributed by atoms with Crippen LogP contribution in [0.3, 0.4) is 0 Å². The van der Waals surface area contributed by atoms with Crippen LogP contribution < -0.4 is 10.5 Å². The number of nitrogens with two attached hydrogens (primary N) is 1. The zero-order chi connectivity index (χ0) is 21.5. The third-order valence-electron chi connectivity index (χ3n) is 4.91. The lowest BCUT2D eigenvalue weighted by atomic mass is 10.1. The van der Waals surface area contributed by atoms with Crippen LogP contribution in [0.4, 0.5) is 5.82 Å². The molecule has 0 aliphatic carbocycles. The Balaban J connectivity index is 1.65. The number of primary sulfonamides is 1. The summed E-state index contributed by atoms with van der Waals surface area (Å²) in [5.74, 6) is 0.861. The van der Waals surface area contributed by atoms with Crippen molar-refractivity contribution in [2.75, 3.05) is 5.32 Å². The Labute approximate surface area is 174 Å². The predicted octanol–water partition coefficient (Wildman–Crippen LogP) is 2.98. The summed E-state index contributed by atoms with van der Waals surface area (Å²) in [6.07, 6.45) is 3.54. The quantitative estimate of drug-likeness (QED) is 0.454. The SMILES string of the molecule is Cc1cc(-c2cnc3c(NCc4ccc(S(N)(=O)=O)cc4)ncc(C)n23)ccc1O. The molecule has 0 spiro atoms. The number of nitrogens with one attached hydrogen (secondary N) is 1. The number of rotatable bonds is 5. The standard InChI is InChI=1S/C21H21N5O3S/c1-13-9-16(5-8-19(13)27)18-12-25-21-20(23-10-14(2)26(18)21)24-11-15-3-6-17(7-4-15)30(22,28)29/h3-10,12,27H,11H2,1-2H3,(H,23,24)(H2,22,28,29). The monoisotopic (exact) mass is 423 g/mol. The number of phenols is 1. The number of hydrogen-bond acceptors (Lipinski definition) is 6. The van der Waals surface area contributed by atoms with Crippen LogP contribution in [-0.4, -0.2) is 27.9 Å². The van der Waals surface area contributed by atoms with Crippen LogP contribution in [0.15, 0.2) is 59.8 Å². The maximum atomic E-state index is 11.4. The molecule has 2 heterocycles. The molecular formula is C21H21N5O3S. The van der Waals surface area contributed by atoms with Crippen LogP contribution in [-0.2, 0) is 16.6 Å². The first-order valence-electron chi connectivity index (χ1n) is 9.23. The molecule has 0 saturated carbocycles. The number of benzene rings is 2. The lowest BCUT2D eigenvalue weighted by molar-refractivity contribution is 0.471. The van der Waals surface area contributed by atoms with Gasteiger partial charge in [0.15, 0.2) is 11.5 Å². The Morgan fingerprint density at radius 3 is 2.47 bits per heavy atom. The molecule has 0 bridgehead atoms. The fourth-order valence-electron chi connectivity index (χ4n) is 3.28. The van der Waals surface area contributed by atoms with Crippen LogP contribution in [0.2, 0.25) is 0 Å². The Bertz CT molecular complexity index is 1350. The van der Waals surface area contributed by atoms with E-state index < -0.39 is 10.0 Å². The zero-order valence-electron chi connectivity index (χ0n) is 16.5. The van der Waals surface area contributed by atoms with Gasteiger partial charge in [0.2, 0.25) is 10.0 Å². The van der Waals surface area contributed by atoms with Crippen molar-refractivity contribution in [2.24, 2.45) is 5.14 Å². The number of imidazole rings is 1. The third-order valence-corrected chi connectivity index (χ3v) is 5.84. The molecule has 154 valence electrons. The summed E-state index contributed by atoms with van der Waals surface area (Å²) in [4.78, 5) is 9.09. The van der Waals surface area contributed by atoms with Gasteiger partial charge in [0, 0.05) is 24.0 Å². The highest BCUT2D eigenvalue weighted by molar-refractivity contribution is 7.89. The molecule has 9 heteroatoms. The number of aromatic nitrogens is 3. The normalized spacial score (nSPS) is 11.7. The molecule has 30 heavy (non-hydrogen) atoms. The minimum absolute atomic E-state index is 0.0733. The smallest absolute Gasteiger partial charge is 0.238 e. The highest BCUT2D eigenvalue weighted by atomic mass is 32.2. The van der Waals surface area contributed by atoms with E-state index in [0.717, 1.165) is 28.1 Å². The van der Waals surface area contributed by atoms with Gasteiger partial charge in [-0.05, 0) is 55.3 Å². The molecule has 2 aromatic carbocycles. The summed E-state index contributed by atoms with van der Waals surface area (Å²) < 4.78 is 24.8. The van der Waals surface area contributed by atoms with Crippen molar-refractivity contribution in [2.45, 2.75) is 25.3 Å². The fraction of sp³-hybridized carbons (Fsp3) is 0.143. The molecule has 4 N–H and O–H groups in total. The van der Waals surface area contributed by atoms with Gasteiger partial charge in [0.05, 0.1) is 16.8 Å². The van der Waals surface area contributed by atoms with E-state index >= 15 is 0 Å². The van der Waals surface area contributed by atoms with E-state index in [1.54, 1.807) is 30.6 Å². The van der Waals surface area contributed by atoms with Crippen molar-refractivity contribution >= 4 is 21.5 Å². The molecule has 4 rings (SSSR count). The first kappa shape index (κ1) is 19.9. The molecule has 0 aliphatic heterocycles. The Kier molecular flexibility index (Phi) is 4.92. The zero-order valence-corrected chi connectivity index (χ0v) is 17.3. The lowest BCUT2D eigenvalue weighted by Gasteiger charge is -2.11. The van der Waals surface area contributed by atoms with Gasteiger partial charge in [-0.2, -0.15) is 0 Å². The molecule has 0 amide bonds. The number of fused-ring (bicyclic) bond motifs is 1. The molecule has 0 unspecified atom stereocenters. The second-order valence-corrected chi connectivity index (χ2v) is 8.66. The maximum absolute atomic E-state index is 11.4. The van der Waals surface area contributed by atoms with Crippen LogP contribution in [0.5, 0.6) is 5.75 Å². The van der Waals surface area contributed by atoms with Gasteiger partial charge in [0.25, 0.3) is 0 Å². The van der Waals surface area contributed by atoms with Gasteiger partial charge in [0.1, 0.15) is 5.75 Å². The first-order valence-corrected chi connectivity index (χ1v) is 10.8. The van der Waals surface area contributed by atoms with E-state index in [9.17, 15) is 13.5 Å². The molecule has 0 aliphatic rings. The molecule has 0 atom stereocenters. The largest absolute Gasteiger partial charge is 0.508 e. The summed E-state index contributed by atoms with van der Waals surface area (Å²) in [6.45, 7) is 4.25. The molecular weight excluding hydrogens is 402 g/mol. The van der Waals surface area contributed by atoms with Crippen molar-refractivity contribution in [3.05, 3.63) is 71.7 Å². The predicted molar refractivity (Wildman–Crippen MR) is 115 cm³/mol. The van der Waals surface area contributed by atoms with Crippen LogP contribution in [0, 0.1) is 13.8 Å². The molecule has 0 saturated heterocycles. The van der Waals surface area contributed by atoms with E-state index in [4.69, 9.17) is 5.14 Å². The molecule has 0 radical (unpaired) electrons. The Morgan fingerprint density at radius 2 is 1.80 bits per heavy atom. The molecule has 8 nitrogen and oxygen atoms in total. The van der Waals surface area contributed by atoms with Crippen LogP contribution in [0.25, 0.3) is 16.9 Å². The minimum atomic E-state index is -3.71. The number of aromatic hydroxyl groups is 1. The summed E-state index contributed by atoms with van der Waals surface area (Å²) >= 11 is 0. The highest BCUT2D eigenvalue weighted by Gasteiger charge is 2.14. The van der Waals surface area contributed by atoms with Crippen molar-refractivity contribution < 1.29 is 13.5 Å². The topological polar surface area (TPSA) is 123 Å². The average Bonchev–Trinajstić information content (AvgIpc) is 3.15. The van der Waals surface area contributed by atoms with E-state index in [1.807, 2.05) is 30.4 Å². The second kappa shape index (κ2) is 7.43. The summed E-state index contributed by atoms with van der Waals surface area (Å²) in [5, 5.41) is 18.2. The first-order chi connectivity index (χ1) is 14.2. The third kappa shape index (κ3) is 3.72. The van der Waals surface area contributed by atoms with Crippen LogP contribution >= 0.6 is 0 Å². The van der Waals surface area contributed by atoms with Crippen molar-refractivity contribution in [3.8, 4) is 17.0 Å². The van der Waals surface area contributed by atoms with Gasteiger partial charge < -0.3 is 10.4 Å². The molecule has 0 fully saturated rings. The van der Waals surface area contributed by atoms with Crippen molar-refractivity contribution in [1.29, 1.82) is 0 Å². The number of phenolic OH excluding ortho intramolecular Hbond substituents is 1. The second-order valence-electron chi connectivity index (χ2n) is 7.09. The number of sulfonamides is 1. The van der Waals surface area contributed by atoms with E-state index in [-0.39, 0.29) is 10.6 Å². The van der Waals surface area contributed by atoms with E-state index in [0.29, 0.717) is 18.0 Å². The van der Waals surface area contributed by atoms with E-state index in [2.05, 4.69) is 15.3 Å². The molecule has 4 aromatic rings. The number of hydrogen-bond donors (Lipinski definition) is 3. The van der Waals surface area contributed by atoms with Crippen molar-refractivity contribution in [1.82, 2.24) is 14.4 Å². The van der Waals surface area contributed by atoms with Gasteiger partial charge in [-0.1, -0.05) is 12.1 Å². The van der Waals surface area contributed by atoms with Gasteiger partial charge in [-0.3, -0.25) is 4.40 Å². The number of anilines is 1. The Morgan fingerprint density at radius 1 is 1.07 bits per heavy atom. The summed E-state index contributed by atoms with van der Waals surface area (Å²) in [5.41, 5.74) is 5.10. The van der Waals surface area contributed by atoms with Gasteiger partial charge in [-0.25, -0.2) is 23.5 Å². The average molecular weight is 423 g/mol. The van der Waals surface area contributed by atoms with Gasteiger partial charge >= 0.3 is 0 Å². The van der Waals surface area contributed by atoms with E-state index in [1.165, 1.54) is 12.1 Å². The van der Waals surface area contributed by atoms with Gasteiger partial charge in [-0.15, -0.1) is 0 Å². The number of nitrogens with zero attached hydrogens (tertiary/aromatic N) is 3. The highest BCUT2D eigenvalue weighted by Crippen LogP contribution is 2.28. The maximum Gasteiger partial charge on any atom is 0.238 e. The molecule has 2 aromatic heterocycles. The van der Waals surface area contributed by atoms with Crippen molar-refractivity contribution in [3.63, 3.8) is 0 Å². The summed E-state index contributed by atoms with van der Waals surface area (Å²) in [6, 6.07) is 11.8. The van der Waals surface area contributed by atoms with Crippen LogP contribution in [0.1, 0.15) is 16.8 Å². The Hall–Kier alpha value is -3.43. The summed E-state index contributed by atoms with van der Waals surface area (Å²) in [7, 11) is -3.71. The fourth-order valence-corrected chi connectivity index (χ4v) is 3.79. The minimum Gasteiger partial charge on any atom is -0.508 e. The number of aryl methyl sites for hydroxylation is 2.